The lowest BCUT2D eigenvalue weighted by molar-refractivity contribution is 0.0595. The molecule has 6 nitrogen and oxygen atoms in total. The summed E-state index contributed by atoms with van der Waals surface area (Å²) in [6, 6.07) is 1.31. The van der Waals surface area contributed by atoms with Gasteiger partial charge in [-0.05, 0) is 18.9 Å². The fourth-order valence-electron chi connectivity index (χ4n) is 1.75. The zero-order valence-corrected chi connectivity index (χ0v) is 12.3. The van der Waals surface area contributed by atoms with Gasteiger partial charge in [0.2, 0.25) is 10.0 Å². The smallest absolute Gasteiger partial charge is 0.354 e. The van der Waals surface area contributed by atoms with Crippen molar-refractivity contribution >= 4 is 16.0 Å². The van der Waals surface area contributed by atoms with E-state index < -0.39 is 16.0 Å². The minimum Gasteiger partial charge on any atom is -0.464 e. The topological polar surface area (TPSA) is 79.5 Å². The Morgan fingerprint density at radius 1 is 1.32 bits per heavy atom. The van der Waals surface area contributed by atoms with Crippen LogP contribution in [0, 0.1) is 0 Å². The molecule has 0 aliphatic heterocycles. The molecule has 0 aliphatic carbocycles. The molecule has 19 heavy (non-hydrogen) atoms. The van der Waals surface area contributed by atoms with Gasteiger partial charge in [0.15, 0.2) is 0 Å². The van der Waals surface area contributed by atoms with E-state index in [-0.39, 0.29) is 10.6 Å². The first-order valence-corrected chi connectivity index (χ1v) is 7.68. The number of methoxy groups -OCH3 is 1. The number of H-pyrrole nitrogens is 1. The van der Waals surface area contributed by atoms with Gasteiger partial charge in [-0.1, -0.05) is 13.8 Å². The largest absolute Gasteiger partial charge is 0.464 e. The Morgan fingerprint density at radius 3 is 2.37 bits per heavy atom. The SMILES string of the molecule is CCCN(CCC)S(=O)(=O)c1c[nH]c(C(=O)OC)c1. The van der Waals surface area contributed by atoms with Gasteiger partial charge in [-0.25, -0.2) is 13.2 Å². The summed E-state index contributed by atoms with van der Waals surface area (Å²) in [5, 5.41) is 0. The van der Waals surface area contributed by atoms with Crippen LogP contribution in [-0.4, -0.2) is 43.9 Å². The van der Waals surface area contributed by atoms with Gasteiger partial charge in [0.1, 0.15) is 10.6 Å². The minimum atomic E-state index is -3.55. The highest BCUT2D eigenvalue weighted by Crippen LogP contribution is 2.18. The molecular weight excluding hydrogens is 268 g/mol. The Balaban J connectivity index is 3.04. The first-order valence-electron chi connectivity index (χ1n) is 6.24. The number of hydrogen-bond acceptors (Lipinski definition) is 4. The quantitative estimate of drug-likeness (QED) is 0.773. The summed E-state index contributed by atoms with van der Waals surface area (Å²) >= 11 is 0. The summed E-state index contributed by atoms with van der Waals surface area (Å²) < 4.78 is 30.7. The molecule has 1 heterocycles. The third kappa shape index (κ3) is 3.57. The molecule has 0 aromatic carbocycles. The van der Waals surface area contributed by atoms with Crippen molar-refractivity contribution in [3.8, 4) is 0 Å². The van der Waals surface area contributed by atoms with Crippen LogP contribution in [0.4, 0.5) is 0 Å². The van der Waals surface area contributed by atoms with Crippen LogP contribution >= 0.6 is 0 Å². The first-order chi connectivity index (χ1) is 8.97. The molecule has 0 aliphatic rings. The Bertz CT molecular complexity index is 516. The lowest BCUT2D eigenvalue weighted by Gasteiger charge is -2.19. The van der Waals surface area contributed by atoms with Crippen molar-refractivity contribution in [1.29, 1.82) is 0 Å². The summed E-state index contributed by atoms with van der Waals surface area (Å²) in [5.74, 6) is -0.584. The zero-order valence-electron chi connectivity index (χ0n) is 11.5. The van der Waals surface area contributed by atoms with E-state index in [1.807, 2.05) is 13.8 Å². The van der Waals surface area contributed by atoms with Crippen LogP contribution in [0.1, 0.15) is 37.2 Å². The molecular formula is C12H20N2O4S. The molecule has 0 radical (unpaired) electrons. The van der Waals surface area contributed by atoms with E-state index in [1.54, 1.807) is 0 Å². The second-order valence-corrected chi connectivity index (χ2v) is 6.08. The van der Waals surface area contributed by atoms with E-state index in [2.05, 4.69) is 9.72 Å². The molecule has 1 rings (SSSR count). The standard InChI is InChI=1S/C12H20N2O4S/c1-4-6-14(7-5-2)19(16,17)10-8-11(13-9-10)12(15)18-3/h8-9,13H,4-7H2,1-3H3. The van der Waals surface area contributed by atoms with Gasteiger partial charge in [0, 0.05) is 19.3 Å². The minimum absolute atomic E-state index is 0.0924. The van der Waals surface area contributed by atoms with E-state index in [4.69, 9.17) is 0 Å². The van der Waals surface area contributed by atoms with Crippen LogP contribution in [0.3, 0.4) is 0 Å². The zero-order chi connectivity index (χ0) is 14.5. The molecule has 0 spiro atoms. The summed E-state index contributed by atoms with van der Waals surface area (Å²) in [5.41, 5.74) is 0.133. The van der Waals surface area contributed by atoms with Crippen molar-refractivity contribution in [2.75, 3.05) is 20.2 Å². The van der Waals surface area contributed by atoms with Crippen LogP contribution in [0.15, 0.2) is 17.2 Å². The van der Waals surface area contributed by atoms with Gasteiger partial charge in [-0.15, -0.1) is 0 Å². The van der Waals surface area contributed by atoms with E-state index >= 15 is 0 Å². The van der Waals surface area contributed by atoms with Crippen molar-refractivity contribution in [2.24, 2.45) is 0 Å². The predicted octanol–water partition coefficient (Wildman–Crippen LogP) is 1.61. The van der Waals surface area contributed by atoms with Gasteiger partial charge in [-0.2, -0.15) is 4.31 Å². The Morgan fingerprint density at radius 2 is 1.89 bits per heavy atom. The molecule has 0 bridgehead atoms. The summed E-state index contributed by atoms with van der Waals surface area (Å²) in [6.07, 6.45) is 2.81. The highest BCUT2D eigenvalue weighted by molar-refractivity contribution is 7.89. The average Bonchev–Trinajstić information content (AvgIpc) is 2.87. The molecule has 1 aromatic rings. The van der Waals surface area contributed by atoms with Crippen molar-refractivity contribution < 1.29 is 17.9 Å². The third-order valence-corrected chi connectivity index (χ3v) is 4.52. The fraction of sp³-hybridized carbons (Fsp3) is 0.583. The number of hydrogen-bond donors (Lipinski definition) is 1. The molecule has 108 valence electrons. The molecule has 0 saturated carbocycles. The summed E-state index contributed by atoms with van der Waals surface area (Å²) in [6.45, 7) is 4.79. The highest BCUT2D eigenvalue weighted by atomic mass is 32.2. The number of aromatic amines is 1. The summed E-state index contributed by atoms with van der Waals surface area (Å²) in [4.78, 5) is 14.0. The van der Waals surface area contributed by atoms with Gasteiger partial charge < -0.3 is 9.72 Å². The molecule has 0 fully saturated rings. The van der Waals surface area contributed by atoms with Gasteiger partial charge in [0.25, 0.3) is 0 Å². The molecule has 0 saturated heterocycles. The van der Waals surface area contributed by atoms with Crippen molar-refractivity contribution in [3.63, 3.8) is 0 Å². The van der Waals surface area contributed by atoms with Gasteiger partial charge in [-0.3, -0.25) is 0 Å². The number of ether oxygens (including phenoxy) is 1. The van der Waals surface area contributed by atoms with Crippen LogP contribution in [0.5, 0.6) is 0 Å². The van der Waals surface area contributed by atoms with E-state index in [0.717, 1.165) is 12.8 Å². The number of carbonyl (C=O) groups excluding carboxylic acids is 1. The Hall–Kier alpha value is -1.34. The fourth-order valence-corrected chi connectivity index (χ4v) is 3.37. The summed E-state index contributed by atoms with van der Waals surface area (Å²) in [7, 11) is -2.30. The van der Waals surface area contributed by atoms with Crippen LogP contribution in [-0.2, 0) is 14.8 Å². The Labute approximate surface area is 113 Å². The molecule has 0 amide bonds. The van der Waals surface area contributed by atoms with Crippen molar-refractivity contribution in [3.05, 3.63) is 18.0 Å². The number of nitrogens with zero attached hydrogens (tertiary/aromatic N) is 1. The van der Waals surface area contributed by atoms with E-state index in [9.17, 15) is 13.2 Å². The lowest BCUT2D eigenvalue weighted by atomic mass is 10.4. The molecule has 0 atom stereocenters. The lowest BCUT2D eigenvalue weighted by Crippen LogP contribution is -2.32. The predicted molar refractivity (Wildman–Crippen MR) is 71.5 cm³/mol. The van der Waals surface area contributed by atoms with Crippen LogP contribution < -0.4 is 0 Å². The second-order valence-electron chi connectivity index (χ2n) is 4.14. The highest BCUT2D eigenvalue weighted by Gasteiger charge is 2.25. The number of aromatic nitrogens is 1. The molecule has 7 heteroatoms. The van der Waals surface area contributed by atoms with Crippen LogP contribution in [0.25, 0.3) is 0 Å². The normalized spacial score (nSPS) is 11.8. The maximum atomic E-state index is 12.4. The average molecular weight is 288 g/mol. The number of sulfonamides is 1. The Kier molecular flexibility index (Phi) is 5.56. The third-order valence-electron chi connectivity index (χ3n) is 2.65. The first kappa shape index (κ1) is 15.7. The second kappa shape index (κ2) is 6.72. The maximum Gasteiger partial charge on any atom is 0.354 e. The molecule has 1 aromatic heterocycles. The van der Waals surface area contributed by atoms with Gasteiger partial charge >= 0.3 is 5.97 Å². The monoisotopic (exact) mass is 288 g/mol. The molecule has 0 unspecified atom stereocenters. The molecule has 1 N–H and O–H groups in total. The van der Waals surface area contributed by atoms with E-state index in [0.29, 0.717) is 13.1 Å². The number of nitrogens with one attached hydrogen (secondary N) is 1. The maximum absolute atomic E-state index is 12.4. The number of esters is 1. The van der Waals surface area contributed by atoms with Gasteiger partial charge in [0.05, 0.1) is 7.11 Å². The number of carbonyl (C=O) groups is 1. The van der Waals surface area contributed by atoms with E-state index in [1.165, 1.54) is 23.7 Å². The number of rotatable bonds is 7. The van der Waals surface area contributed by atoms with Crippen LogP contribution in [0.2, 0.25) is 0 Å². The van der Waals surface area contributed by atoms with Crippen molar-refractivity contribution in [1.82, 2.24) is 9.29 Å². The van der Waals surface area contributed by atoms with Crippen molar-refractivity contribution in [2.45, 2.75) is 31.6 Å².